The van der Waals surface area contributed by atoms with Crippen molar-refractivity contribution in [2.24, 2.45) is 0 Å². The van der Waals surface area contributed by atoms with Crippen molar-refractivity contribution >= 4 is 11.5 Å². The number of aryl methyl sites for hydroxylation is 1. The normalized spacial score (nSPS) is 10.8. The minimum Gasteiger partial charge on any atom is -0.457 e. The van der Waals surface area contributed by atoms with Crippen molar-refractivity contribution in [2.45, 2.75) is 13.5 Å². The van der Waals surface area contributed by atoms with Crippen LogP contribution in [0.5, 0.6) is 0 Å². The van der Waals surface area contributed by atoms with Crippen molar-refractivity contribution in [3.8, 4) is 29.0 Å². The number of carbonyl (C=O) groups excluding carboxylic acids is 1. The van der Waals surface area contributed by atoms with Crippen molar-refractivity contribution in [1.29, 1.82) is 5.26 Å². The Kier molecular flexibility index (Phi) is 5.17. The van der Waals surface area contributed by atoms with E-state index in [0.717, 1.165) is 16.6 Å². The Hall–Kier alpha value is -4.70. The van der Waals surface area contributed by atoms with Crippen LogP contribution >= 0.6 is 0 Å². The van der Waals surface area contributed by atoms with Gasteiger partial charge in [-0.05, 0) is 55.5 Å². The van der Waals surface area contributed by atoms with E-state index < -0.39 is 5.97 Å². The number of nitriles is 1. The molecule has 0 atom stereocenters. The highest BCUT2D eigenvalue weighted by Crippen LogP contribution is 2.25. The SMILES string of the molecule is Cc1ccc(-c2nnc(-c3ccc(C(=O)OCc4cn5ccccc5c4C#N)cc3)o2)cc1. The second-order valence-corrected chi connectivity index (χ2v) is 7.57. The lowest BCUT2D eigenvalue weighted by molar-refractivity contribution is 0.0472. The number of carbonyl (C=O) groups is 1. The number of fused-ring (bicyclic) bond motifs is 1. The van der Waals surface area contributed by atoms with Gasteiger partial charge in [-0.15, -0.1) is 10.2 Å². The number of hydrogen-bond acceptors (Lipinski definition) is 6. The number of benzene rings is 2. The Labute approximate surface area is 189 Å². The first kappa shape index (κ1) is 20.2. The molecule has 0 aliphatic rings. The third kappa shape index (κ3) is 3.98. The molecule has 0 radical (unpaired) electrons. The van der Waals surface area contributed by atoms with Gasteiger partial charge in [0.2, 0.25) is 11.8 Å². The molecular formula is C26H18N4O3. The highest BCUT2D eigenvalue weighted by Gasteiger charge is 2.15. The van der Waals surface area contributed by atoms with E-state index in [9.17, 15) is 10.1 Å². The maximum absolute atomic E-state index is 12.5. The zero-order valence-corrected chi connectivity index (χ0v) is 17.7. The van der Waals surface area contributed by atoms with E-state index in [1.807, 2.05) is 60.0 Å². The van der Waals surface area contributed by atoms with E-state index in [1.54, 1.807) is 30.5 Å². The predicted octanol–water partition coefficient (Wildman–Crippen LogP) is 5.19. The van der Waals surface area contributed by atoms with Gasteiger partial charge in [0.25, 0.3) is 0 Å². The summed E-state index contributed by atoms with van der Waals surface area (Å²) in [5.74, 6) is 0.318. The molecule has 0 aliphatic carbocycles. The Morgan fingerprint density at radius 2 is 1.67 bits per heavy atom. The first-order valence-corrected chi connectivity index (χ1v) is 10.3. The van der Waals surface area contributed by atoms with Crippen LogP contribution in [0.3, 0.4) is 0 Å². The molecule has 3 aromatic heterocycles. The molecule has 5 rings (SSSR count). The Balaban J connectivity index is 1.29. The minimum atomic E-state index is -0.480. The fraction of sp³-hybridized carbons (Fsp3) is 0.0769. The molecule has 0 N–H and O–H groups in total. The van der Waals surface area contributed by atoms with Gasteiger partial charge in [0, 0.05) is 29.1 Å². The van der Waals surface area contributed by atoms with E-state index in [0.29, 0.717) is 34.0 Å². The number of aromatic nitrogens is 3. The third-order valence-electron chi connectivity index (χ3n) is 5.32. The Morgan fingerprint density at radius 1 is 1.00 bits per heavy atom. The molecule has 160 valence electrons. The molecule has 5 aromatic rings. The van der Waals surface area contributed by atoms with E-state index in [1.165, 1.54) is 0 Å². The monoisotopic (exact) mass is 434 g/mol. The average molecular weight is 434 g/mol. The van der Waals surface area contributed by atoms with Gasteiger partial charge in [-0.25, -0.2) is 4.79 Å². The van der Waals surface area contributed by atoms with Crippen LogP contribution in [0.25, 0.3) is 28.4 Å². The average Bonchev–Trinajstić information content (AvgIpc) is 3.48. The number of esters is 1. The molecule has 33 heavy (non-hydrogen) atoms. The number of ether oxygens (including phenoxy) is 1. The summed E-state index contributed by atoms with van der Waals surface area (Å²) in [5, 5.41) is 17.7. The fourth-order valence-corrected chi connectivity index (χ4v) is 3.54. The Morgan fingerprint density at radius 3 is 2.33 bits per heavy atom. The van der Waals surface area contributed by atoms with Crippen LogP contribution in [0.2, 0.25) is 0 Å². The summed E-state index contributed by atoms with van der Waals surface area (Å²) in [5.41, 5.74) is 5.01. The van der Waals surface area contributed by atoms with Crippen LogP contribution < -0.4 is 0 Å². The van der Waals surface area contributed by atoms with Crippen LogP contribution in [0, 0.1) is 18.3 Å². The number of pyridine rings is 1. The number of hydrogen-bond donors (Lipinski definition) is 0. The van der Waals surface area contributed by atoms with Crippen LogP contribution in [0.4, 0.5) is 0 Å². The van der Waals surface area contributed by atoms with Crippen molar-refractivity contribution in [1.82, 2.24) is 14.6 Å². The van der Waals surface area contributed by atoms with Crippen molar-refractivity contribution in [3.05, 3.63) is 101 Å². The lowest BCUT2D eigenvalue weighted by Gasteiger charge is -2.04. The molecule has 0 saturated heterocycles. The first-order chi connectivity index (χ1) is 16.1. The quantitative estimate of drug-likeness (QED) is 0.353. The molecule has 0 spiro atoms. The summed E-state index contributed by atoms with van der Waals surface area (Å²) in [4.78, 5) is 12.5. The zero-order valence-electron chi connectivity index (χ0n) is 17.7. The summed E-state index contributed by atoms with van der Waals surface area (Å²) >= 11 is 0. The van der Waals surface area contributed by atoms with Gasteiger partial charge >= 0.3 is 5.97 Å². The van der Waals surface area contributed by atoms with Gasteiger partial charge in [-0.1, -0.05) is 23.8 Å². The van der Waals surface area contributed by atoms with Crippen LogP contribution in [0.15, 0.2) is 83.5 Å². The maximum atomic E-state index is 12.5. The lowest BCUT2D eigenvalue weighted by Crippen LogP contribution is -2.05. The smallest absolute Gasteiger partial charge is 0.338 e. The number of nitrogens with zero attached hydrogens (tertiary/aromatic N) is 4. The molecule has 0 aliphatic heterocycles. The molecule has 7 nitrogen and oxygen atoms in total. The summed E-state index contributed by atoms with van der Waals surface area (Å²) in [6.45, 7) is 2.02. The van der Waals surface area contributed by atoms with Gasteiger partial charge in [-0.3, -0.25) is 0 Å². The van der Waals surface area contributed by atoms with Gasteiger partial charge in [0.05, 0.1) is 16.6 Å². The lowest BCUT2D eigenvalue weighted by atomic mass is 10.1. The molecule has 3 heterocycles. The summed E-state index contributed by atoms with van der Waals surface area (Å²) in [7, 11) is 0. The molecule has 2 aromatic carbocycles. The van der Waals surface area contributed by atoms with Gasteiger partial charge < -0.3 is 13.6 Å². The zero-order chi connectivity index (χ0) is 22.8. The van der Waals surface area contributed by atoms with E-state index in [2.05, 4.69) is 16.3 Å². The fourth-order valence-electron chi connectivity index (χ4n) is 3.54. The second-order valence-electron chi connectivity index (χ2n) is 7.57. The standard InChI is InChI=1S/C26H18N4O3/c1-17-5-7-18(8-6-17)24-28-29-25(33-24)19-9-11-20(12-10-19)26(31)32-16-21-15-30-13-3-2-4-23(30)22(21)14-27/h2-13,15H,16H2,1H3. The van der Waals surface area contributed by atoms with Crippen molar-refractivity contribution in [3.63, 3.8) is 0 Å². The summed E-state index contributed by atoms with van der Waals surface area (Å²) < 4.78 is 13.1. The third-order valence-corrected chi connectivity index (χ3v) is 5.32. The van der Waals surface area contributed by atoms with E-state index >= 15 is 0 Å². The van der Waals surface area contributed by atoms with E-state index in [4.69, 9.17) is 9.15 Å². The van der Waals surface area contributed by atoms with Gasteiger partial charge in [0.15, 0.2) is 0 Å². The van der Waals surface area contributed by atoms with E-state index in [-0.39, 0.29) is 6.61 Å². The van der Waals surface area contributed by atoms with Crippen LogP contribution in [0.1, 0.15) is 27.0 Å². The maximum Gasteiger partial charge on any atom is 0.338 e. The van der Waals surface area contributed by atoms with Crippen molar-refractivity contribution in [2.75, 3.05) is 0 Å². The molecule has 0 fully saturated rings. The van der Waals surface area contributed by atoms with Gasteiger partial charge in [-0.2, -0.15) is 5.26 Å². The van der Waals surface area contributed by atoms with Crippen LogP contribution in [-0.4, -0.2) is 20.6 Å². The minimum absolute atomic E-state index is 0.00866. The molecular weight excluding hydrogens is 416 g/mol. The number of rotatable bonds is 5. The molecule has 0 amide bonds. The summed E-state index contributed by atoms with van der Waals surface area (Å²) in [6, 6.07) is 22.4. The molecule has 0 bridgehead atoms. The predicted molar refractivity (Wildman–Crippen MR) is 121 cm³/mol. The largest absolute Gasteiger partial charge is 0.457 e. The van der Waals surface area contributed by atoms with Crippen LogP contribution in [-0.2, 0) is 11.3 Å². The summed E-state index contributed by atoms with van der Waals surface area (Å²) in [6.07, 6.45) is 3.65. The highest BCUT2D eigenvalue weighted by molar-refractivity contribution is 5.90. The molecule has 0 saturated carbocycles. The first-order valence-electron chi connectivity index (χ1n) is 10.3. The van der Waals surface area contributed by atoms with Gasteiger partial charge in [0.1, 0.15) is 12.7 Å². The Bertz CT molecular complexity index is 1490. The molecule has 0 unspecified atom stereocenters. The topological polar surface area (TPSA) is 93.4 Å². The second kappa shape index (κ2) is 8.44. The highest BCUT2D eigenvalue weighted by atomic mass is 16.5. The van der Waals surface area contributed by atoms with Crippen molar-refractivity contribution < 1.29 is 13.9 Å². The molecule has 7 heteroatoms.